The highest BCUT2D eigenvalue weighted by molar-refractivity contribution is 5.20. The van der Waals surface area contributed by atoms with E-state index in [1.54, 1.807) is 7.11 Å². The maximum Gasteiger partial charge on any atom is 0.157 e. The number of hydrogen-bond donors (Lipinski definition) is 1. The second-order valence-corrected chi connectivity index (χ2v) is 5.44. The molecule has 4 nitrogen and oxygen atoms in total. The largest absolute Gasteiger partial charge is 0.373 e. The predicted molar refractivity (Wildman–Crippen MR) is 76.0 cm³/mol. The van der Waals surface area contributed by atoms with Crippen LogP contribution in [0.3, 0.4) is 0 Å². The Bertz CT molecular complexity index is 418. The third-order valence-corrected chi connectivity index (χ3v) is 3.76. The molecule has 0 saturated heterocycles. The van der Waals surface area contributed by atoms with Crippen LogP contribution in [0.5, 0.6) is 0 Å². The van der Waals surface area contributed by atoms with Gasteiger partial charge in [-0.05, 0) is 45.6 Å². The number of rotatable bonds is 7. The van der Waals surface area contributed by atoms with Gasteiger partial charge in [0.25, 0.3) is 0 Å². The summed E-state index contributed by atoms with van der Waals surface area (Å²) in [6.07, 6.45) is 5.63. The topological polar surface area (TPSA) is 47.0 Å². The van der Waals surface area contributed by atoms with Crippen LogP contribution in [0.25, 0.3) is 0 Å². The molecular weight excluding hydrogens is 238 g/mol. The molecule has 1 aliphatic rings. The second kappa shape index (κ2) is 6.44. The normalized spacial score (nSPS) is 18.3. The third kappa shape index (κ3) is 3.51. The first kappa shape index (κ1) is 14.4. The molecular formula is C15H25N3O. The van der Waals surface area contributed by atoms with Crippen molar-refractivity contribution in [2.45, 2.75) is 52.2 Å². The van der Waals surface area contributed by atoms with Gasteiger partial charge in [-0.2, -0.15) is 0 Å². The van der Waals surface area contributed by atoms with Gasteiger partial charge in [-0.25, -0.2) is 9.97 Å². The number of nitrogens with zero attached hydrogens (tertiary/aromatic N) is 2. The zero-order valence-electron chi connectivity index (χ0n) is 12.4. The van der Waals surface area contributed by atoms with Gasteiger partial charge in [0.1, 0.15) is 6.10 Å². The fourth-order valence-corrected chi connectivity index (χ4v) is 2.44. The Hall–Kier alpha value is -1.00. The molecule has 1 fully saturated rings. The summed E-state index contributed by atoms with van der Waals surface area (Å²) in [6.45, 7) is 7.41. The minimum absolute atomic E-state index is 0.0756. The predicted octanol–water partition coefficient (Wildman–Crippen LogP) is 2.94. The molecule has 1 aromatic heterocycles. The lowest BCUT2D eigenvalue weighted by atomic mass is 10.1. The van der Waals surface area contributed by atoms with Gasteiger partial charge in [0.2, 0.25) is 0 Å². The van der Waals surface area contributed by atoms with E-state index in [-0.39, 0.29) is 6.10 Å². The van der Waals surface area contributed by atoms with Crippen molar-refractivity contribution in [3.63, 3.8) is 0 Å². The summed E-state index contributed by atoms with van der Waals surface area (Å²) in [5, 5.41) is 3.48. The van der Waals surface area contributed by atoms with Gasteiger partial charge in [-0.3, -0.25) is 0 Å². The first-order valence-electron chi connectivity index (χ1n) is 7.27. The van der Waals surface area contributed by atoms with Gasteiger partial charge in [0, 0.05) is 30.6 Å². The van der Waals surface area contributed by atoms with E-state index in [1.807, 2.05) is 6.20 Å². The number of ether oxygens (including phenoxy) is 1. The Morgan fingerprint density at radius 2 is 2.21 bits per heavy atom. The van der Waals surface area contributed by atoms with E-state index in [4.69, 9.17) is 4.74 Å². The lowest BCUT2D eigenvalue weighted by Gasteiger charge is -2.18. The molecule has 4 heteroatoms. The van der Waals surface area contributed by atoms with Crippen LogP contribution in [0, 0.1) is 12.8 Å². The lowest BCUT2D eigenvalue weighted by Crippen LogP contribution is -2.21. The first-order chi connectivity index (χ1) is 9.17. The van der Waals surface area contributed by atoms with Crippen molar-refractivity contribution >= 4 is 0 Å². The Morgan fingerprint density at radius 1 is 1.47 bits per heavy atom. The zero-order chi connectivity index (χ0) is 13.8. The maximum atomic E-state index is 5.54. The lowest BCUT2D eigenvalue weighted by molar-refractivity contribution is 0.0770. The van der Waals surface area contributed by atoms with Crippen LogP contribution in [0.1, 0.15) is 62.3 Å². The molecule has 0 spiro atoms. The summed E-state index contributed by atoms with van der Waals surface area (Å²) >= 11 is 0. The highest BCUT2D eigenvalue weighted by atomic mass is 16.5. The van der Waals surface area contributed by atoms with Crippen LogP contribution >= 0.6 is 0 Å². The van der Waals surface area contributed by atoms with E-state index in [2.05, 4.69) is 36.1 Å². The molecule has 1 heterocycles. The van der Waals surface area contributed by atoms with Crippen LogP contribution < -0.4 is 5.32 Å². The molecule has 106 valence electrons. The van der Waals surface area contributed by atoms with E-state index in [1.165, 1.54) is 18.4 Å². The Morgan fingerprint density at radius 3 is 2.74 bits per heavy atom. The zero-order valence-corrected chi connectivity index (χ0v) is 12.4. The molecule has 2 atom stereocenters. The highest BCUT2D eigenvalue weighted by Gasteiger charge is 2.34. The molecule has 1 aromatic rings. The molecule has 1 N–H and O–H groups in total. The van der Waals surface area contributed by atoms with Crippen molar-refractivity contribution in [2.24, 2.45) is 5.92 Å². The van der Waals surface area contributed by atoms with E-state index < -0.39 is 0 Å². The Kier molecular flexibility index (Phi) is 4.88. The molecule has 19 heavy (non-hydrogen) atoms. The number of aromatic nitrogens is 2. The minimum atomic E-state index is 0.0756. The van der Waals surface area contributed by atoms with Crippen molar-refractivity contribution < 1.29 is 4.74 Å². The van der Waals surface area contributed by atoms with Gasteiger partial charge in [-0.15, -0.1) is 0 Å². The smallest absolute Gasteiger partial charge is 0.157 e. The van der Waals surface area contributed by atoms with Crippen molar-refractivity contribution in [1.29, 1.82) is 0 Å². The number of hydrogen-bond acceptors (Lipinski definition) is 4. The highest BCUT2D eigenvalue weighted by Crippen LogP contribution is 2.41. The monoisotopic (exact) mass is 263 g/mol. The fraction of sp³-hybridized carbons (Fsp3) is 0.733. The van der Waals surface area contributed by atoms with E-state index in [9.17, 15) is 0 Å². The van der Waals surface area contributed by atoms with Crippen LogP contribution in [0.4, 0.5) is 0 Å². The summed E-state index contributed by atoms with van der Waals surface area (Å²) in [5.41, 5.74) is 2.24. The summed E-state index contributed by atoms with van der Waals surface area (Å²) in [7, 11) is 1.75. The average Bonchev–Trinajstić information content (AvgIpc) is 3.21. The maximum absolute atomic E-state index is 5.54. The van der Waals surface area contributed by atoms with E-state index >= 15 is 0 Å². The summed E-state index contributed by atoms with van der Waals surface area (Å²) in [6, 6.07) is 0.302. The second-order valence-electron chi connectivity index (χ2n) is 5.44. The standard InChI is InChI=1S/C15H25N3O/c1-5-8-16-10(2)13-9-17-15(18-11(13)3)14(19-4)12-6-7-12/h9-10,12,14,16H,5-8H2,1-4H3. The van der Waals surface area contributed by atoms with E-state index in [0.717, 1.165) is 24.5 Å². The van der Waals surface area contributed by atoms with Gasteiger partial charge in [-0.1, -0.05) is 6.92 Å². The van der Waals surface area contributed by atoms with E-state index in [0.29, 0.717) is 12.0 Å². The van der Waals surface area contributed by atoms with Crippen LogP contribution in [0.2, 0.25) is 0 Å². The molecule has 1 saturated carbocycles. The average molecular weight is 263 g/mol. The van der Waals surface area contributed by atoms with Crippen LogP contribution in [-0.4, -0.2) is 23.6 Å². The van der Waals surface area contributed by atoms with Gasteiger partial charge >= 0.3 is 0 Å². The Labute approximate surface area is 116 Å². The summed E-state index contributed by atoms with van der Waals surface area (Å²) in [4.78, 5) is 9.18. The van der Waals surface area contributed by atoms with Crippen LogP contribution in [-0.2, 0) is 4.74 Å². The van der Waals surface area contributed by atoms with Gasteiger partial charge in [0.15, 0.2) is 5.82 Å². The quantitative estimate of drug-likeness (QED) is 0.821. The number of methoxy groups -OCH3 is 1. The minimum Gasteiger partial charge on any atom is -0.373 e. The third-order valence-electron chi connectivity index (χ3n) is 3.76. The number of aryl methyl sites for hydroxylation is 1. The summed E-state index contributed by atoms with van der Waals surface area (Å²) in [5.74, 6) is 1.46. The molecule has 0 aliphatic heterocycles. The molecule has 2 rings (SSSR count). The number of nitrogens with one attached hydrogen (secondary N) is 1. The summed E-state index contributed by atoms with van der Waals surface area (Å²) < 4.78 is 5.54. The molecule has 0 aromatic carbocycles. The van der Waals surface area contributed by atoms with Crippen molar-refractivity contribution in [2.75, 3.05) is 13.7 Å². The first-order valence-corrected chi connectivity index (χ1v) is 7.27. The molecule has 0 radical (unpaired) electrons. The van der Waals surface area contributed by atoms with Crippen molar-refractivity contribution in [3.8, 4) is 0 Å². The van der Waals surface area contributed by atoms with Gasteiger partial charge in [0.05, 0.1) is 0 Å². The molecule has 0 bridgehead atoms. The molecule has 2 unspecified atom stereocenters. The molecule has 1 aliphatic carbocycles. The molecule has 0 amide bonds. The van der Waals surface area contributed by atoms with Crippen molar-refractivity contribution in [1.82, 2.24) is 15.3 Å². The SMILES string of the molecule is CCCNC(C)c1cnc(C(OC)C2CC2)nc1C. The van der Waals surface area contributed by atoms with Crippen molar-refractivity contribution in [3.05, 3.63) is 23.3 Å². The van der Waals surface area contributed by atoms with Crippen LogP contribution in [0.15, 0.2) is 6.20 Å². The fourth-order valence-electron chi connectivity index (χ4n) is 2.44. The van der Waals surface area contributed by atoms with Gasteiger partial charge < -0.3 is 10.1 Å². The Balaban J connectivity index is 2.11.